The van der Waals surface area contributed by atoms with Crippen molar-refractivity contribution in [3.8, 4) is 0 Å². The molecule has 5 nitrogen and oxygen atoms in total. The van der Waals surface area contributed by atoms with Crippen LogP contribution in [0.4, 0.5) is 5.69 Å². The van der Waals surface area contributed by atoms with Crippen LogP contribution >= 0.6 is 11.9 Å². The number of H-pyrrole nitrogens is 1. The van der Waals surface area contributed by atoms with Gasteiger partial charge in [0.15, 0.2) is 0 Å². The molecule has 186 valence electrons. The molecule has 0 fully saturated rings. The first kappa shape index (κ1) is 23.8. The molecule has 6 heteroatoms. The number of aromatic amines is 1. The Bertz CT molecular complexity index is 1410. The highest BCUT2D eigenvalue weighted by Gasteiger charge is 2.25. The van der Waals surface area contributed by atoms with E-state index in [0.29, 0.717) is 5.25 Å². The molecule has 0 radical (unpaired) electrons. The normalized spacial score (nSPS) is 15.1. The maximum atomic E-state index is 4.86. The molecule has 0 bridgehead atoms. The van der Waals surface area contributed by atoms with E-state index in [4.69, 9.17) is 9.97 Å². The highest BCUT2D eigenvalue weighted by atomic mass is 32.2. The number of benzene rings is 3. The summed E-state index contributed by atoms with van der Waals surface area (Å²) in [4.78, 5) is 13.2. The second-order valence-electron chi connectivity index (χ2n) is 9.57. The standard InChI is InChI=1S/C31H31N5S/c1-2-10-26(11-3-1)33-20-23-15-17-24(18-16-23)21-36(22-30-34-27-12-4-5-13-28(27)35-30)37-29-14-6-8-25-9-7-19-32-31(25)29/h1-5,7,9-13,15-19,29,33H,6,8,14,20-22H2,(H,34,35). The van der Waals surface area contributed by atoms with Gasteiger partial charge in [-0.2, -0.15) is 0 Å². The molecule has 0 amide bonds. The minimum atomic E-state index is 0.365. The molecule has 0 saturated carbocycles. The van der Waals surface area contributed by atoms with E-state index in [9.17, 15) is 0 Å². The highest BCUT2D eigenvalue weighted by molar-refractivity contribution is 7.97. The van der Waals surface area contributed by atoms with Crippen LogP contribution in [-0.2, 0) is 26.1 Å². The monoisotopic (exact) mass is 505 g/mol. The number of fused-ring (bicyclic) bond motifs is 2. The fourth-order valence-corrected chi connectivity index (χ4v) is 6.32. The van der Waals surface area contributed by atoms with E-state index in [1.54, 1.807) is 0 Å². The van der Waals surface area contributed by atoms with E-state index < -0.39 is 0 Å². The van der Waals surface area contributed by atoms with Gasteiger partial charge in [0.05, 0.1) is 28.5 Å². The topological polar surface area (TPSA) is 56.8 Å². The molecular weight excluding hydrogens is 474 g/mol. The predicted molar refractivity (Wildman–Crippen MR) is 153 cm³/mol. The van der Waals surface area contributed by atoms with Gasteiger partial charge in [0.2, 0.25) is 0 Å². The van der Waals surface area contributed by atoms with Crippen molar-refractivity contribution in [1.29, 1.82) is 0 Å². The number of pyridine rings is 1. The molecule has 3 aromatic carbocycles. The van der Waals surface area contributed by atoms with Gasteiger partial charge >= 0.3 is 0 Å². The first-order valence-corrected chi connectivity index (χ1v) is 13.8. The van der Waals surface area contributed by atoms with Gasteiger partial charge in [-0.05, 0) is 66.3 Å². The van der Waals surface area contributed by atoms with Crippen LogP contribution in [-0.4, -0.2) is 19.3 Å². The van der Waals surface area contributed by atoms with Crippen LogP contribution in [0.15, 0.2) is 97.2 Å². The molecule has 1 unspecified atom stereocenters. The average Bonchev–Trinajstić information content (AvgIpc) is 3.36. The Balaban J connectivity index is 1.19. The Kier molecular flexibility index (Phi) is 7.19. The number of anilines is 1. The van der Waals surface area contributed by atoms with Crippen LogP contribution in [0.25, 0.3) is 11.0 Å². The third-order valence-electron chi connectivity index (χ3n) is 6.84. The van der Waals surface area contributed by atoms with Crippen molar-refractivity contribution in [3.63, 3.8) is 0 Å². The molecular formula is C31H31N5S. The number of aromatic nitrogens is 3. The molecule has 0 saturated heterocycles. The third kappa shape index (κ3) is 5.87. The first-order chi connectivity index (χ1) is 18.3. The Morgan fingerprint density at radius 2 is 1.68 bits per heavy atom. The third-order valence-corrected chi connectivity index (χ3v) is 8.11. The minimum absolute atomic E-state index is 0.365. The van der Waals surface area contributed by atoms with Crippen molar-refractivity contribution in [2.45, 2.75) is 44.1 Å². The molecule has 1 atom stereocenters. The molecule has 0 aliphatic heterocycles. The highest BCUT2D eigenvalue weighted by Crippen LogP contribution is 2.41. The Labute approximate surface area is 222 Å². The second-order valence-corrected chi connectivity index (χ2v) is 10.9. The zero-order valence-corrected chi connectivity index (χ0v) is 21.6. The Morgan fingerprint density at radius 3 is 2.54 bits per heavy atom. The quantitative estimate of drug-likeness (QED) is 0.206. The van der Waals surface area contributed by atoms with E-state index in [0.717, 1.165) is 55.0 Å². The van der Waals surface area contributed by atoms with Gasteiger partial charge < -0.3 is 10.3 Å². The van der Waals surface area contributed by atoms with Crippen molar-refractivity contribution in [1.82, 2.24) is 19.3 Å². The molecule has 2 heterocycles. The van der Waals surface area contributed by atoms with Gasteiger partial charge in [-0.1, -0.05) is 72.6 Å². The van der Waals surface area contributed by atoms with Crippen LogP contribution in [0.5, 0.6) is 0 Å². The molecule has 1 aliphatic rings. The van der Waals surface area contributed by atoms with Crippen LogP contribution in [0.2, 0.25) is 0 Å². The molecule has 2 N–H and O–H groups in total. The summed E-state index contributed by atoms with van der Waals surface area (Å²) in [5, 5.41) is 3.86. The van der Waals surface area contributed by atoms with E-state index in [2.05, 4.69) is 93.5 Å². The molecule has 37 heavy (non-hydrogen) atoms. The number of para-hydroxylation sites is 3. The summed E-state index contributed by atoms with van der Waals surface area (Å²) in [5.41, 5.74) is 8.45. The van der Waals surface area contributed by atoms with Crippen LogP contribution in [0.3, 0.4) is 0 Å². The van der Waals surface area contributed by atoms with Crippen LogP contribution < -0.4 is 5.32 Å². The van der Waals surface area contributed by atoms with Crippen molar-refractivity contribution >= 4 is 28.7 Å². The lowest BCUT2D eigenvalue weighted by Crippen LogP contribution is -2.20. The van der Waals surface area contributed by atoms with E-state index in [1.807, 2.05) is 30.3 Å². The van der Waals surface area contributed by atoms with Crippen molar-refractivity contribution < 1.29 is 0 Å². The molecule has 1 aliphatic carbocycles. The maximum absolute atomic E-state index is 4.86. The van der Waals surface area contributed by atoms with Gasteiger partial charge in [0.1, 0.15) is 5.82 Å². The van der Waals surface area contributed by atoms with E-state index in [-0.39, 0.29) is 0 Å². The first-order valence-electron chi connectivity index (χ1n) is 13.0. The molecule has 6 rings (SSSR count). The van der Waals surface area contributed by atoms with Gasteiger partial charge in [-0.3, -0.25) is 4.98 Å². The smallest absolute Gasteiger partial charge is 0.122 e. The van der Waals surface area contributed by atoms with Crippen molar-refractivity contribution in [2.24, 2.45) is 0 Å². The predicted octanol–water partition coefficient (Wildman–Crippen LogP) is 7.30. The SMILES string of the molecule is c1ccc(NCc2ccc(CN(Cc3nc4ccccc4[nH]3)SC3CCCc4cccnc43)cc2)cc1. The van der Waals surface area contributed by atoms with Crippen molar-refractivity contribution in [2.75, 3.05) is 5.32 Å². The fourth-order valence-electron chi connectivity index (χ4n) is 4.95. The largest absolute Gasteiger partial charge is 0.381 e. The van der Waals surface area contributed by atoms with Crippen molar-refractivity contribution in [3.05, 3.63) is 125 Å². The summed E-state index contributed by atoms with van der Waals surface area (Å²) in [7, 11) is 0. The molecule has 5 aromatic rings. The lowest BCUT2D eigenvalue weighted by atomic mass is 9.96. The van der Waals surface area contributed by atoms with E-state index in [1.165, 1.54) is 28.8 Å². The molecule has 2 aromatic heterocycles. The lowest BCUT2D eigenvalue weighted by molar-refractivity contribution is 0.444. The number of hydrogen-bond donors (Lipinski definition) is 2. The Hall–Kier alpha value is -3.61. The van der Waals surface area contributed by atoms with Gasteiger partial charge in [-0.25, -0.2) is 9.29 Å². The summed E-state index contributed by atoms with van der Waals surface area (Å²) in [5.74, 6) is 0.995. The minimum Gasteiger partial charge on any atom is -0.381 e. The van der Waals surface area contributed by atoms with Gasteiger partial charge in [-0.15, -0.1) is 0 Å². The molecule has 0 spiro atoms. The van der Waals surface area contributed by atoms with E-state index >= 15 is 0 Å². The second kappa shape index (κ2) is 11.2. The maximum Gasteiger partial charge on any atom is 0.122 e. The Morgan fingerprint density at radius 1 is 0.865 bits per heavy atom. The zero-order chi connectivity index (χ0) is 24.9. The average molecular weight is 506 g/mol. The summed E-state index contributed by atoms with van der Waals surface area (Å²) in [6.07, 6.45) is 5.42. The number of aryl methyl sites for hydroxylation is 1. The zero-order valence-electron chi connectivity index (χ0n) is 20.8. The number of rotatable bonds is 9. The number of imidazole rings is 1. The lowest BCUT2D eigenvalue weighted by Gasteiger charge is -2.29. The number of nitrogens with one attached hydrogen (secondary N) is 2. The number of nitrogens with zero attached hydrogens (tertiary/aromatic N) is 3. The summed E-state index contributed by atoms with van der Waals surface area (Å²) in [6, 6.07) is 31.9. The summed E-state index contributed by atoms with van der Waals surface area (Å²) in [6.45, 7) is 2.40. The summed E-state index contributed by atoms with van der Waals surface area (Å²) < 4.78 is 2.45. The fraction of sp³-hybridized carbons (Fsp3) is 0.226. The van der Waals surface area contributed by atoms with Gasteiger partial charge in [0, 0.05) is 25.0 Å². The summed E-state index contributed by atoms with van der Waals surface area (Å²) >= 11 is 1.92. The van der Waals surface area contributed by atoms with Crippen LogP contribution in [0.1, 0.15) is 46.3 Å². The number of hydrogen-bond acceptors (Lipinski definition) is 5. The van der Waals surface area contributed by atoms with Crippen LogP contribution in [0, 0.1) is 0 Å². The van der Waals surface area contributed by atoms with Gasteiger partial charge in [0.25, 0.3) is 0 Å².